The van der Waals surface area contributed by atoms with Crippen molar-refractivity contribution in [3.05, 3.63) is 11.8 Å². The molecule has 0 amide bonds. The molecule has 1 aliphatic carbocycles. The van der Waals surface area contributed by atoms with Gasteiger partial charge < -0.3 is 5.11 Å². The Morgan fingerprint density at radius 1 is 1.26 bits per heavy atom. The third-order valence-electron chi connectivity index (χ3n) is 5.75. The predicted octanol–water partition coefficient (Wildman–Crippen LogP) is 6.07. The van der Waals surface area contributed by atoms with Gasteiger partial charge in [-0.2, -0.15) is 0 Å². The average Bonchev–Trinajstić information content (AvgIpc) is 2.51. The van der Waals surface area contributed by atoms with Crippen LogP contribution in [-0.4, -0.2) is 16.8 Å². The number of hydrogen-bond acceptors (Lipinski definition) is 2. The fourth-order valence-electron chi connectivity index (χ4n) is 3.74. The maximum atomic E-state index is 13.1. The summed E-state index contributed by atoms with van der Waals surface area (Å²) in [6, 6.07) is 0. The van der Waals surface area contributed by atoms with E-state index in [4.69, 9.17) is 0 Å². The molecule has 0 aromatic rings. The van der Waals surface area contributed by atoms with Crippen LogP contribution in [0.2, 0.25) is 0 Å². The van der Waals surface area contributed by atoms with Crippen LogP contribution in [0.15, 0.2) is 11.8 Å². The Balaban J connectivity index is 2.68. The van der Waals surface area contributed by atoms with E-state index in [-0.39, 0.29) is 17.5 Å². The van der Waals surface area contributed by atoms with Crippen LogP contribution in [0.1, 0.15) is 79.1 Å². The van der Waals surface area contributed by atoms with Crippen LogP contribution in [0.4, 0.5) is 8.78 Å². The Hall–Kier alpha value is -0.930. The van der Waals surface area contributed by atoms with Gasteiger partial charge in [-0.1, -0.05) is 33.6 Å². The Morgan fingerprint density at radius 3 is 2.17 bits per heavy atom. The molecule has 4 heteroatoms. The zero-order valence-electron chi connectivity index (χ0n) is 15.0. The van der Waals surface area contributed by atoms with Gasteiger partial charge in [0.15, 0.2) is 5.78 Å². The standard InChI is InChI=1S/C19H32F2O2/c1-5-14(13-18(4,20)21)16(22)12-17(23)15-8-10-19(6-2,7-3)11-9-15/h12,14-15,23H,5-11,13H2,1-4H3/b17-12-. The average molecular weight is 330 g/mol. The van der Waals surface area contributed by atoms with E-state index in [1.54, 1.807) is 6.92 Å². The Bertz CT molecular complexity index is 410. The van der Waals surface area contributed by atoms with E-state index < -0.39 is 18.3 Å². The Labute approximate surface area is 139 Å². The number of halogens is 2. The molecule has 2 nitrogen and oxygen atoms in total. The van der Waals surface area contributed by atoms with Gasteiger partial charge in [-0.15, -0.1) is 0 Å². The van der Waals surface area contributed by atoms with E-state index in [1.807, 2.05) is 0 Å². The zero-order chi connectivity index (χ0) is 17.7. The summed E-state index contributed by atoms with van der Waals surface area (Å²) in [6.45, 7) is 6.99. The third kappa shape index (κ3) is 5.89. The van der Waals surface area contributed by atoms with Gasteiger partial charge in [-0.25, -0.2) is 8.78 Å². The van der Waals surface area contributed by atoms with Crippen molar-refractivity contribution >= 4 is 5.78 Å². The number of carbonyl (C=O) groups is 1. The molecule has 1 fully saturated rings. The Morgan fingerprint density at radius 2 is 1.78 bits per heavy atom. The molecule has 0 saturated heterocycles. The molecule has 0 aliphatic heterocycles. The molecule has 23 heavy (non-hydrogen) atoms. The van der Waals surface area contributed by atoms with Gasteiger partial charge >= 0.3 is 0 Å². The lowest BCUT2D eigenvalue weighted by molar-refractivity contribution is -0.121. The van der Waals surface area contributed by atoms with Crippen LogP contribution in [0.5, 0.6) is 0 Å². The first-order chi connectivity index (χ1) is 10.7. The second-order valence-electron chi connectivity index (χ2n) is 7.33. The van der Waals surface area contributed by atoms with E-state index in [2.05, 4.69) is 13.8 Å². The first kappa shape index (κ1) is 20.1. The molecule has 1 atom stereocenters. The molecule has 0 aromatic heterocycles. The largest absolute Gasteiger partial charge is 0.512 e. The lowest BCUT2D eigenvalue weighted by atomic mass is 9.67. The maximum absolute atomic E-state index is 13.1. The van der Waals surface area contributed by atoms with E-state index in [0.717, 1.165) is 45.4 Å². The lowest BCUT2D eigenvalue weighted by Crippen LogP contribution is -2.27. The zero-order valence-corrected chi connectivity index (χ0v) is 15.0. The monoisotopic (exact) mass is 330 g/mol. The fourth-order valence-corrected chi connectivity index (χ4v) is 3.74. The first-order valence-corrected chi connectivity index (χ1v) is 8.98. The highest BCUT2D eigenvalue weighted by Gasteiger charge is 2.34. The highest BCUT2D eigenvalue weighted by Crippen LogP contribution is 2.45. The highest BCUT2D eigenvalue weighted by molar-refractivity contribution is 5.92. The fraction of sp³-hybridized carbons (Fsp3) is 0.842. The van der Waals surface area contributed by atoms with Crippen molar-refractivity contribution in [1.29, 1.82) is 0 Å². The van der Waals surface area contributed by atoms with Gasteiger partial charge in [-0.05, 0) is 44.4 Å². The van der Waals surface area contributed by atoms with Crippen LogP contribution >= 0.6 is 0 Å². The number of aliphatic hydroxyl groups excluding tert-OH is 1. The van der Waals surface area contributed by atoms with Crippen molar-refractivity contribution in [2.75, 3.05) is 0 Å². The van der Waals surface area contributed by atoms with E-state index in [1.165, 1.54) is 6.08 Å². The minimum Gasteiger partial charge on any atom is -0.512 e. The number of carbonyl (C=O) groups excluding carboxylic acids is 1. The van der Waals surface area contributed by atoms with Crippen molar-refractivity contribution < 1.29 is 18.7 Å². The molecule has 1 saturated carbocycles. The molecule has 1 N–H and O–H groups in total. The van der Waals surface area contributed by atoms with Crippen LogP contribution < -0.4 is 0 Å². The molecule has 0 radical (unpaired) electrons. The van der Waals surface area contributed by atoms with Gasteiger partial charge in [0.1, 0.15) is 0 Å². The normalized spacial score (nSPS) is 21.2. The molecule has 0 aromatic carbocycles. The van der Waals surface area contributed by atoms with Crippen LogP contribution in [0, 0.1) is 17.3 Å². The number of aliphatic hydroxyl groups is 1. The number of rotatable bonds is 8. The summed E-state index contributed by atoms with van der Waals surface area (Å²) >= 11 is 0. The van der Waals surface area contributed by atoms with Crippen molar-refractivity contribution in [2.45, 2.75) is 85.0 Å². The predicted molar refractivity (Wildman–Crippen MR) is 89.7 cm³/mol. The van der Waals surface area contributed by atoms with Gasteiger partial charge in [0.2, 0.25) is 5.92 Å². The number of hydrogen-bond donors (Lipinski definition) is 1. The van der Waals surface area contributed by atoms with Crippen molar-refractivity contribution in [3.8, 4) is 0 Å². The Kier molecular flexibility index (Phi) is 7.22. The van der Waals surface area contributed by atoms with E-state index >= 15 is 0 Å². The van der Waals surface area contributed by atoms with Gasteiger partial charge in [0.25, 0.3) is 0 Å². The molecule has 0 heterocycles. The maximum Gasteiger partial charge on any atom is 0.246 e. The van der Waals surface area contributed by atoms with Crippen molar-refractivity contribution in [3.63, 3.8) is 0 Å². The summed E-state index contributed by atoms with van der Waals surface area (Å²) in [6.07, 6.45) is 7.27. The molecule has 1 unspecified atom stereocenters. The molecular formula is C19H32F2O2. The van der Waals surface area contributed by atoms with E-state index in [9.17, 15) is 18.7 Å². The number of ketones is 1. The smallest absolute Gasteiger partial charge is 0.246 e. The van der Waals surface area contributed by atoms with Crippen LogP contribution in [0.25, 0.3) is 0 Å². The minimum absolute atomic E-state index is 0.00446. The SMILES string of the molecule is CCC(CC(C)(F)F)C(=O)/C=C(\O)C1CCC(CC)(CC)CC1. The van der Waals surface area contributed by atoms with Crippen molar-refractivity contribution in [1.82, 2.24) is 0 Å². The second-order valence-corrected chi connectivity index (χ2v) is 7.33. The van der Waals surface area contributed by atoms with Gasteiger partial charge in [-0.3, -0.25) is 4.79 Å². The highest BCUT2D eigenvalue weighted by atomic mass is 19.3. The topological polar surface area (TPSA) is 37.3 Å². The lowest BCUT2D eigenvalue weighted by Gasteiger charge is -2.39. The molecule has 1 aliphatic rings. The second kappa shape index (κ2) is 8.25. The van der Waals surface area contributed by atoms with Crippen LogP contribution in [-0.2, 0) is 4.79 Å². The summed E-state index contributed by atoms with van der Waals surface area (Å²) < 4.78 is 26.3. The molecule has 1 rings (SSSR count). The summed E-state index contributed by atoms with van der Waals surface area (Å²) in [5.74, 6) is -3.84. The molecule has 0 spiro atoms. The van der Waals surface area contributed by atoms with E-state index in [0.29, 0.717) is 11.8 Å². The summed E-state index contributed by atoms with van der Waals surface area (Å²) in [5.41, 5.74) is 0.372. The number of allylic oxidation sites excluding steroid dienone is 2. The molecule has 0 bridgehead atoms. The quantitative estimate of drug-likeness (QED) is 0.433. The van der Waals surface area contributed by atoms with Gasteiger partial charge in [0, 0.05) is 24.3 Å². The number of alkyl halides is 2. The third-order valence-corrected chi connectivity index (χ3v) is 5.75. The minimum atomic E-state index is -2.85. The molecule has 134 valence electrons. The summed E-state index contributed by atoms with van der Waals surface area (Å²) in [5, 5.41) is 10.3. The summed E-state index contributed by atoms with van der Waals surface area (Å²) in [4.78, 5) is 12.2. The van der Waals surface area contributed by atoms with Gasteiger partial charge in [0.05, 0.1) is 5.76 Å². The first-order valence-electron chi connectivity index (χ1n) is 8.98. The van der Waals surface area contributed by atoms with Crippen LogP contribution in [0.3, 0.4) is 0 Å². The summed E-state index contributed by atoms with van der Waals surface area (Å²) in [7, 11) is 0. The van der Waals surface area contributed by atoms with Crippen molar-refractivity contribution in [2.24, 2.45) is 17.3 Å². The molecular weight excluding hydrogens is 298 g/mol.